The molecule has 11 heavy (non-hydrogen) atoms. The Balaban J connectivity index is 3.27. The highest BCUT2D eigenvalue weighted by molar-refractivity contribution is 4.58. The maximum atomic E-state index is 8.97. The average molecular weight is 163 g/mol. The quantitative estimate of drug-likeness (QED) is 0.453. The maximum absolute atomic E-state index is 8.97. The van der Waals surface area contributed by atoms with E-state index in [1.54, 1.807) is 0 Å². The summed E-state index contributed by atoms with van der Waals surface area (Å²) in [5.74, 6) is 0. The lowest BCUT2D eigenvalue weighted by molar-refractivity contribution is 0.0650. The van der Waals surface area contributed by atoms with Gasteiger partial charge in [0.05, 0.1) is 12.7 Å². The fourth-order valence-electron chi connectivity index (χ4n) is 0.849. The van der Waals surface area contributed by atoms with Crippen LogP contribution in [0.5, 0.6) is 0 Å². The van der Waals surface area contributed by atoms with E-state index in [1.165, 1.54) is 0 Å². The zero-order chi connectivity index (χ0) is 8.69. The lowest BCUT2D eigenvalue weighted by atomic mass is 10.3. The van der Waals surface area contributed by atoms with Crippen molar-refractivity contribution in [3.8, 4) is 0 Å². The minimum Gasteiger partial charge on any atom is -0.396 e. The SMILES string of the molecule is CN(CCCO)CC(O)CO. The zero-order valence-electron chi connectivity index (χ0n) is 6.90. The van der Waals surface area contributed by atoms with Crippen LogP contribution in [0.4, 0.5) is 0 Å². The van der Waals surface area contributed by atoms with Gasteiger partial charge in [-0.3, -0.25) is 0 Å². The van der Waals surface area contributed by atoms with E-state index in [0.29, 0.717) is 13.0 Å². The van der Waals surface area contributed by atoms with Crippen LogP contribution < -0.4 is 0 Å². The third kappa shape index (κ3) is 6.25. The van der Waals surface area contributed by atoms with Crippen molar-refractivity contribution in [1.82, 2.24) is 4.90 Å². The first kappa shape index (κ1) is 10.8. The molecule has 0 aromatic carbocycles. The number of rotatable bonds is 6. The first-order valence-electron chi connectivity index (χ1n) is 3.79. The largest absolute Gasteiger partial charge is 0.396 e. The molecular formula is C7H17NO3. The van der Waals surface area contributed by atoms with Gasteiger partial charge in [0, 0.05) is 19.7 Å². The van der Waals surface area contributed by atoms with Crippen LogP contribution in [0.3, 0.4) is 0 Å². The second kappa shape index (κ2) is 6.54. The van der Waals surface area contributed by atoms with Crippen LogP contribution in [0, 0.1) is 0 Å². The predicted molar refractivity (Wildman–Crippen MR) is 42.3 cm³/mol. The van der Waals surface area contributed by atoms with Crippen molar-refractivity contribution in [2.45, 2.75) is 12.5 Å². The van der Waals surface area contributed by atoms with E-state index < -0.39 is 6.10 Å². The molecule has 0 rings (SSSR count). The van der Waals surface area contributed by atoms with Gasteiger partial charge in [-0.15, -0.1) is 0 Å². The highest BCUT2D eigenvalue weighted by atomic mass is 16.3. The minimum absolute atomic E-state index is 0.166. The van der Waals surface area contributed by atoms with Crippen molar-refractivity contribution in [3.05, 3.63) is 0 Å². The van der Waals surface area contributed by atoms with Gasteiger partial charge >= 0.3 is 0 Å². The Bertz CT molecular complexity index is 89.8. The van der Waals surface area contributed by atoms with Crippen molar-refractivity contribution < 1.29 is 15.3 Å². The lowest BCUT2D eigenvalue weighted by Gasteiger charge is -2.18. The number of hydrogen-bond acceptors (Lipinski definition) is 4. The molecule has 1 atom stereocenters. The van der Waals surface area contributed by atoms with E-state index in [1.807, 2.05) is 11.9 Å². The Kier molecular flexibility index (Phi) is 6.45. The molecule has 0 aromatic rings. The Labute approximate surface area is 67.1 Å². The molecule has 68 valence electrons. The first-order chi connectivity index (χ1) is 5.20. The third-order valence-corrected chi connectivity index (χ3v) is 1.43. The molecule has 1 unspecified atom stereocenters. The monoisotopic (exact) mass is 163 g/mol. The molecule has 0 aliphatic heterocycles. The summed E-state index contributed by atoms with van der Waals surface area (Å²) in [7, 11) is 1.84. The minimum atomic E-state index is -0.668. The van der Waals surface area contributed by atoms with Crippen LogP contribution >= 0.6 is 0 Å². The van der Waals surface area contributed by atoms with Crippen LogP contribution in [0.25, 0.3) is 0 Å². The lowest BCUT2D eigenvalue weighted by Crippen LogP contribution is -2.32. The van der Waals surface area contributed by atoms with Crippen LogP contribution in [-0.4, -0.2) is 59.7 Å². The molecule has 4 nitrogen and oxygen atoms in total. The summed E-state index contributed by atoms with van der Waals surface area (Å²) in [6.07, 6.45) is 0.0351. The molecule has 0 aliphatic carbocycles. The number of nitrogens with zero attached hydrogens (tertiary/aromatic N) is 1. The summed E-state index contributed by atoms with van der Waals surface area (Å²) in [6, 6.07) is 0. The fourth-order valence-corrected chi connectivity index (χ4v) is 0.849. The molecule has 0 amide bonds. The Hall–Kier alpha value is -0.160. The van der Waals surface area contributed by atoms with Crippen LogP contribution in [-0.2, 0) is 0 Å². The van der Waals surface area contributed by atoms with Gasteiger partial charge in [-0.2, -0.15) is 0 Å². The van der Waals surface area contributed by atoms with Crippen molar-refractivity contribution in [3.63, 3.8) is 0 Å². The van der Waals surface area contributed by atoms with Crippen molar-refractivity contribution >= 4 is 0 Å². The number of aliphatic hydroxyl groups is 3. The molecule has 0 heterocycles. The molecule has 0 radical (unpaired) electrons. The van der Waals surface area contributed by atoms with Gasteiger partial charge in [0.15, 0.2) is 0 Å². The van der Waals surface area contributed by atoms with E-state index in [0.717, 1.165) is 6.54 Å². The number of hydrogen-bond donors (Lipinski definition) is 3. The molecule has 0 aliphatic rings. The molecule has 0 saturated carbocycles. The van der Waals surface area contributed by atoms with Gasteiger partial charge in [-0.25, -0.2) is 0 Å². The fraction of sp³-hybridized carbons (Fsp3) is 1.00. The van der Waals surface area contributed by atoms with Gasteiger partial charge in [0.25, 0.3) is 0 Å². The van der Waals surface area contributed by atoms with E-state index in [-0.39, 0.29) is 13.2 Å². The van der Waals surface area contributed by atoms with Gasteiger partial charge in [-0.05, 0) is 13.5 Å². The molecular weight excluding hydrogens is 146 g/mol. The summed E-state index contributed by atoms with van der Waals surface area (Å²) in [5, 5.41) is 25.9. The summed E-state index contributed by atoms with van der Waals surface area (Å²) >= 11 is 0. The van der Waals surface area contributed by atoms with Crippen LogP contribution in [0.15, 0.2) is 0 Å². The van der Waals surface area contributed by atoms with Crippen molar-refractivity contribution in [2.24, 2.45) is 0 Å². The Morgan fingerprint density at radius 1 is 1.36 bits per heavy atom. The molecule has 0 spiro atoms. The molecule has 0 aromatic heterocycles. The van der Waals surface area contributed by atoms with E-state index in [2.05, 4.69) is 0 Å². The first-order valence-corrected chi connectivity index (χ1v) is 3.79. The second-order valence-corrected chi connectivity index (χ2v) is 2.68. The summed E-state index contributed by atoms with van der Waals surface area (Å²) in [5.41, 5.74) is 0. The van der Waals surface area contributed by atoms with E-state index in [9.17, 15) is 0 Å². The Morgan fingerprint density at radius 2 is 2.00 bits per heavy atom. The zero-order valence-corrected chi connectivity index (χ0v) is 6.90. The van der Waals surface area contributed by atoms with Gasteiger partial charge < -0.3 is 20.2 Å². The van der Waals surface area contributed by atoms with Gasteiger partial charge in [0.2, 0.25) is 0 Å². The third-order valence-electron chi connectivity index (χ3n) is 1.43. The predicted octanol–water partition coefficient (Wildman–Crippen LogP) is -1.35. The normalized spacial score (nSPS) is 13.9. The van der Waals surface area contributed by atoms with Crippen LogP contribution in [0.1, 0.15) is 6.42 Å². The van der Waals surface area contributed by atoms with E-state index >= 15 is 0 Å². The average Bonchev–Trinajstić information content (AvgIpc) is 2.00. The van der Waals surface area contributed by atoms with Crippen LogP contribution in [0.2, 0.25) is 0 Å². The molecule has 0 bridgehead atoms. The molecule has 0 fully saturated rings. The summed E-state index contributed by atoms with van der Waals surface area (Å²) in [6.45, 7) is 1.16. The molecule has 3 N–H and O–H groups in total. The maximum Gasteiger partial charge on any atom is 0.0897 e. The van der Waals surface area contributed by atoms with E-state index in [4.69, 9.17) is 15.3 Å². The highest BCUT2D eigenvalue weighted by Crippen LogP contribution is 1.89. The van der Waals surface area contributed by atoms with Crippen molar-refractivity contribution in [1.29, 1.82) is 0 Å². The smallest absolute Gasteiger partial charge is 0.0897 e. The Morgan fingerprint density at radius 3 is 2.45 bits per heavy atom. The topological polar surface area (TPSA) is 63.9 Å². The highest BCUT2D eigenvalue weighted by Gasteiger charge is 2.05. The van der Waals surface area contributed by atoms with Crippen molar-refractivity contribution in [2.75, 3.05) is 33.4 Å². The summed E-state index contributed by atoms with van der Waals surface area (Å²) in [4.78, 5) is 1.87. The molecule has 0 saturated heterocycles. The number of likely N-dealkylation sites (N-methyl/N-ethyl adjacent to an activating group) is 1. The number of aliphatic hydroxyl groups excluding tert-OH is 3. The standard InChI is InChI=1S/C7H17NO3/c1-8(3-2-4-9)5-7(11)6-10/h7,9-11H,2-6H2,1H3. The summed E-state index contributed by atoms with van der Waals surface area (Å²) < 4.78 is 0. The molecule has 4 heteroatoms. The van der Waals surface area contributed by atoms with Gasteiger partial charge in [0.1, 0.15) is 0 Å². The van der Waals surface area contributed by atoms with Gasteiger partial charge in [-0.1, -0.05) is 0 Å². The second-order valence-electron chi connectivity index (χ2n) is 2.68.